The molecule has 0 saturated carbocycles. The fourth-order valence-corrected chi connectivity index (χ4v) is 4.11. The van der Waals surface area contributed by atoms with Crippen molar-refractivity contribution in [1.82, 2.24) is 10.2 Å². The summed E-state index contributed by atoms with van der Waals surface area (Å²) in [5.74, 6) is -0.891. The van der Waals surface area contributed by atoms with Gasteiger partial charge in [-0.25, -0.2) is 4.39 Å². The molecule has 0 fully saturated rings. The topological polar surface area (TPSA) is 47.9 Å². The van der Waals surface area contributed by atoms with Crippen LogP contribution in [0.25, 0.3) is 11.1 Å². The second-order valence-electron chi connectivity index (χ2n) is 8.70. The van der Waals surface area contributed by atoms with Crippen LogP contribution in [-0.4, -0.2) is 48.4 Å². The molecule has 32 heavy (non-hydrogen) atoms. The van der Waals surface area contributed by atoms with Crippen LogP contribution < -0.4 is 5.32 Å². The van der Waals surface area contributed by atoms with Crippen LogP contribution in [0.5, 0.6) is 5.75 Å². The van der Waals surface area contributed by atoms with Crippen molar-refractivity contribution in [2.75, 3.05) is 26.7 Å². The van der Waals surface area contributed by atoms with E-state index >= 15 is 0 Å². The summed E-state index contributed by atoms with van der Waals surface area (Å²) in [5.41, 5.74) is 6.91. The van der Waals surface area contributed by atoms with Crippen LogP contribution in [0.4, 0.5) is 4.39 Å². The molecule has 0 spiro atoms. The van der Waals surface area contributed by atoms with E-state index in [0.29, 0.717) is 6.04 Å². The summed E-state index contributed by atoms with van der Waals surface area (Å²) < 4.78 is 14.0. The standard InChI is InChI=1S/C27H38FN3O/c1-8-22-14-27(32)26(28)15-25(22)24-11-10-23(18(3)12-24)13-19(4)30-21(6)17-31(7)16-20(5)29-9-2/h10-12,14-15,20,29,32H,6,8-9,13,16-17H2,1-5,7H3/b30-19+. The smallest absolute Gasteiger partial charge is 0.165 e. The number of nitrogens with zero attached hydrogens (tertiary/aromatic N) is 2. The minimum absolute atomic E-state index is 0.298. The number of phenols is 1. The average Bonchev–Trinajstić information content (AvgIpc) is 2.70. The van der Waals surface area contributed by atoms with Crippen LogP contribution in [0.2, 0.25) is 0 Å². The number of rotatable bonds is 11. The minimum Gasteiger partial charge on any atom is -0.505 e. The first-order valence-electron chi connectivity index (χ1n) is 11.4. The number of aryl methyl sites for hydroxylation is 2. The molecule has 0 bridgehead atoms. The molecule has 2 N–H and O–H groups in total. The maximum atomic E-state index is 14.0. The van der Waals surface area contributed by atoms with Crippen LogP contribution in [0.15, 0.2) is 47.6 Å². The fraction of sp³-hybridized carbons (Fsp3) is 0.444. The zero-order valence-electron chi connectivity index (χ0n) is 20.4. The van der Waals surface area contributed by atoms with Gasteiger partial charge in [-0.2, -0.15) is 0 Å². The molecule has 0 aliphatic carbocycles. The molecule has 0 saturated heterocycles. The molecule has 0 aliphatic heterocycles. The van der Waals surface area contributed by atoms with Crippen molar-refractivity contribution < 1.29 is 9.50 Å². The molecule has 0 radical (unpaired) electrons. The molecule has 174 valence electrons. The van der Waals surface area contributed by atoms with Crippen molar-refractivity contribution in [1.29, 1.82) is 0 Å². The summed E-state index contributed by atoms with van der Waals surface area (Å²) in [5, 5.41) is 13.1. The van der Waals surface area contributed by atoms with Gasteiger partial charge in [0, 0.05) is 37.0 Å². The van der Waals surface area contributed by atoms with Crippen molar-refractivity contribution in [3.05, 3.63) is 65.1 Å². The van der Waals surface area contributed by atoms with Gasteiger partial charge >= 0.3 is 0 Å². The highest BCUT2D eigenvalue weighted by Crippen LogP contribution is 2.31. The molecule has 0 amide bonds. The third-order valence-corrected chi connectivity index (χ3v) is 5.59. The van der Waals surface area contributed by atoms with E-state index in [9.17, 15) is 9.50 Å². The number of aromatic hydroxyl groups is 1. The molecule has 1 atom stereocenters. The van der Waals surface area contributed by atoms with Crippen LogP contribution in [0.1, 0.15) is 44.4 Å². The molecule has 2 aromatic rings. The quantitative estimate of drug-likeness (QED) is 0.454. The Hall–Kier alpha value is -2.50. The molecule has 2 aromatic carbocycles. The van der Waals surface area contributed by atoms with E-state index in [1.165, 1.54) is 17.7 Å². The second-order valence-corrected chi connectivity index (χ2v) is 8.70. The Kier molecular flexibility index (Phi) is 9.60. The summed E-state index contributed by atoms with van der Waals surface area (Å²) >= 11 is 0. The third-order valence-electron chi connectivity index (χ3n) is 5.59. The number of hydrogen-bond donors (Lipinski definition) is 2. The van der Waals surface area contributed by atoms with E-state index in [2.05, 4.69) is 56.7 Å². The van der Waals surface area contributed by atoms with Gasteiger partial charge in [0.25, 0.3) is 0 Å². The summed E-state index contributed by atoms with van der Waals surface area (Å²) in [6, 6.07) is 9.56. The molecule has 5 heteroatoms. The highest BCUT2D eigenvalue weighted by molar-refractivity contribution is 5.85. The number of aliphatic imine (C=N–C) groups is 1. The maximum absolute atomic E-state index is 14.0. The van der Waals surface area contributed by atoms with E-state index in [0.717, 1.165) is 66.1 Å². The zero-order valence-corrected chi connectivity index (χ0v) is 20.4. The van der Waals surface area contributed by atoms with Crippen molar-refractivity contribution in [2.24, 2.45) is 4.99 Å². The first kappa shape index (κ1) is 25.8. The molecule has 2 rings (SSSR count). The molecule has 0 aromatic heterocycles. The van der Waals surface area contributed by atoms with Crippen molar-refractivity contribution in [2.45, 2.75) is 53.5 Å². The van der Waals surface area contributed by atoms with Crippen LogP contribution in [-0.2, 0) is 12.8 Å². The van der Waals surface area contributed by atoms with Crippen molar-refractivity contribution in [3.63, 3.8) is 0 Å². The van der Waals surface area contributed by atoms with E-state index in [1.54, 1.807) is 0 Å². The SMILES string of the molecule is C=C(CN(C)CC(C)NCC)/N=C(\C)Cc1ccc(-c2cc(F)c(O)cc2CC)cc1C. The lowest BCUT2D eigenvalue weighted by Crippen LogP contribution is -2.37. The molecular formula is C27H38FN3O. The van der Waals surface area contributed by atoms with Crippen LogP contribution >= 0.6 is 0 Å². The largest absolute Gasteiger partial charge is 0.505 e. The average molecular weight is 440 g/mol. The van der Waals surface area contributed by atoms with E-state index in [4.69, 9.17) is 4.99 Å². The lowest BCUT2D eigenvalue weighted by atomic mass is 9.93. The maximum Gasteiger partial charge on any atom is 0.165 e. The Labute approximate surface area is 192 Å². The van der Waals surface area contributed by atoms with Crippen molar-refractivity contribution in [3.8, 4) is 16.9 Å². The summed E-state index contributed by atoms with van der Waals surface area (Å²) in [6.45, 7) is 17.2. The second kappa shape index (κ2) is 11.9. The third kappa shape index (κ3) is 7.28. The molecular weight excluding hydrogens is 401 g/mol. The highest BCUT2D eigenvalue weighted by Gasteiger charge is 2.12. The predicted molar refractivity (Wildman–Crippen MR) is 134 cm³/mol. The van der Waals surface area contributed by atoms with Gasteiger partial charge in [-0.15, -0.1) is 0 Å². The summed E-state index contributed by atoms with van der Waals surface area (Å²) in [4.78, 5) is 6.95. The Morgan fingerprint density at radius 3 is 2.56 bits per heavy atom. The summed E-state index contributed by atoms with van der Waals surface area (Å²) in [6.07, 6.45) is 1.47. The van der Waals surface area contributed by atoms with E-state index in [1.807, 2.05) is 19.9 Å². The van der Waals surface area contributed by atoms with E-state index in [-0.39, 0.29) is 5.75 Å². The van der Waals surface area contributed by atoms with Gasteiger partial charge < -0.3 is 10.4 Å². The van der Waals surface area contributed by atoms with Gasteiger partial charge in [0.2, 0.25) is 0 Å². The normalized spacial score (nSPS) is 12.9. The molecule has 0 aliphatic rings. The number of halogens is 1. The van der Waals surface area contributed by atoms with Crippen molar-refractivity contribution >= 4 is 5.71 Å². The Bertz CT molecular complexity index is 968. The lowest BCUT2D eigenvalue weighted by Gasteiger charge is -2.21. The first-order valence-corrected chi connectivity index (χ1v) is 11.4. The first-order chi connectivity index (χ1) is 15.1. The monoisotopic (exact) mass is 439 g/mol. The van der Waals surface area contributed by atoms with Gasteiger partial charge in [0.1, 0.15) is 0 Å². The van der Waals surface area contributed by atoms with Gasteiger partial charge in [-0.1, -0.05) is 38.6 Å². The fourth-order valence-electron chi connectivity index (χ4n) is 4.11. The van der Waals surface area contributed by atoms with Gasteiger partial charge in [-0.3, -0.25) is 9.89 Å². The van der Waals surface area contributed by atoms with Crippen LogP contribution in [0.3, 0.4) is 0 Å². The summed E-state index contributed by atoms with van der Waals surface area (Å²) in [7, 11) is 2.09. The highest BCUT2D eigenvalue weighted by atomic mass is 19.1. The number of hydrogen-bond acceptors (Lipinski definition) is 4. The molecule has 1 unspecified atom stereocenters. The van der Waals surface area contributed by atoms with Gasteiger partial charge in [0.15, 0.2) is 11.6 Å². The number of likely N-dealkylation sites (N-methyl/N-ethyl adjacent to an activating group) is 2. The van der Waals surface area contributed by atoms with Gasteiger partial charge in [-0.05, 0) is 80.7 Å². The minimum atomic E-state index is -0.592. The predicted octanol–water partition coefficient (Wildman–Crippen LogP) is 5.52. The Morgan fingerprint density at radius 2 is 1.94 bits per heavy atom. The Morgan fingerprint density at radius 1 is 1.22 bits per heavy atom. The Balaban J connectivity index is 2.09. The zero-order chi connectivity index (χ0) is 23.8. The van der Waals surface area contributed by atoms with E-state index < -0.39 is 5.82 Å². The van der Waals surface area contributed by atoms with Crippen LogP contribution in [0, 0.1) is 12.7 Å². The molecule has 4 nitrogen and oxygen atoms in total. The van der Waals surface area contributed by atoms with Gasteiger partial charge in [0.05, 0.1) is 0 Å². The number of phenolic OH excluding ortho intramolecular Hbond substituents is 1. The number of benzene rings is 2. The number of nitrogens with one attached hydrogen (secondary N) is 1. The molecule has 0 heterocycles. The lowest BCUT2D eigenvalue weighted by molar-refractivity contribution is 0.319.